The van der Waals surface area contributed by atoms with Gasteiger partial charge in [0.15, 0.2) is 0 Å². The van der Waals surface area contributed by atoms with Crippen molar-refractivity contribution < 1.29 is 35.9 Å². The van der Waals surface area contributed by atoms with Gasteiger partial charge in [-0.1, -0.05) is 72.8 Å². The first-order chi connectivity index (χ1) is 19.9. The molecular weight excluding hydrogens is 556 g/mol. The van der Waals surface area contributed by atoms with Gasteiger partial charge in [-0.3, -0.25) is 0 Å². The average Bonchev–Trinajstić information content (AvgIpc) is 2.96. The van der Waals surface area contributed by atoms with Crippen LogP contribution in [0.3, 0.4) is 0 Å². The molecule has 0 saturated heterocycles. The molecule has 0 heterocycles. The van der Waals surface area contributed by atoms with Gasteiger partial charge in [-0.2, -0.15) is 26.3 Å². The van der Waals surface area contributed by atoms with E-state index >= 15 is 0 Å². The maximum Gasteiger partial charge on any atom is 0.416 e. The van der Waals surface area contributed by atoms with Crippen molar-refractivity contribution in [3.8, 4) is 0 Å². The van der Waals surface area contributed by atoms with Crippen molar-refractivity contribution in [1.29, 1.82) is 0 Å². The fraction of sp³-hybridized carbons (Fsp3) is 0.303. The second-order valence-corrected chi connectivity index (χ2v) is 10.2. The first-order valence-corrected chi connectivity index (χ1v) is 13.6. The predicted octanol–water partition coefficient (Wildman–Crippen LogP) is 8.88. The molecule has 0 aliphatic heterocycles. The number of nitrogens with zero attached hydrogens (tertiary/aromatic N) is 1. The van der Waals surface area contributed by atoms with E-state index in [2.05, 4.69) is 0 Å². The molecule has 0 saturated carbocycles. The van der Waals surface area contributed by atoms with E-state index in [4.69, 9.17) is 4.74 Å². The van der Waals surface area contributed by atoms with Crippen molar-refractivity contribution in [2.75, 3.05) is 18.6 Å². The van der Waals surface area contributed by atoms with Crippen LogP contribution in [0.15, 0.2) is 91.0 Å². The molecule has 3 nitrogen and oxygen atoms in total. The SMILES string of the molecule is CN(c1cccc2ccccc12)C(CCCc1cccc(C(F)(F)F)c1)C(=O)OCCCc1cccc(C(F)(F)F)c1. The van der Waals surface area contributed by atoms with Crippen molar-refractivity contribution >= 4 is 22.4 Å². The maximum atomic E-state index is 13.4. The van der Waals surface area contributed by atoms with Crippen molar-refractivity contribution in [3.63, 3.8) is 0 Å². The Labute approximate surface area is 240 Å². The van der Waals surface area contributed by atoms with E-state index in [1.165, 1.54) is 12.1 Å². The molecule has 0 spiro atoms. The van der Waals surface area contributed by atoms with Crippen LogP contribution in [0.2, 0.25) is 0 Å². The number of hydrogen-bond donors (Lipinski definition) is 0. The van der Waals surface area contributed by atoms with Gasteiger partial charge in [0.1, 0.15) is 6.04 Å². The maximum absolute atomic E-state index is 13.4. The highest BCUT2D eigenvalue weighted by molar-refractivity contribution is 5.95. The lowest BCUT2D eigenvalue weighted by Gasteiger charge is -2.29. The number of ether oxygens (including phenoxy) is 1. The number of carbonyl (C=O) groups excluding carboxylic acids is 1. The first kappa shape index (κ1) is 30.9. The van der Waals surface area contributed by atoms with Crippen molar-refractivity contribution in [1.82, 2.24) is 0 Å². The number of carbonyl (C=O) groups is 1. The molecule has 42 heavy (non-hydrogen) atoms. The van der Waals surface area contributed by atoms with E-state index < -0.39 is 35.5 Å². The van der Waals surface area contributed by atoms with Crippen molar-refractivity contribution in [2.24, 2.45) is 0 Å². The number of halogens is 6. The second-order valence-electron chi connectivity index (χ2n) is 10.2. The Morgan fingerprint density at radius 3 is 1.90 bits per heavy atom. The molecule has 0 aliphatic rings. The Kier molecular flexibility index (Phi) is 9.81. The highest BCUT2D eigenvalue weighted by Gasteiger charge is 2.31. The number of fused-ring (bicyclic) bond motifs is 1. The van der Waals surface area contributed by atoms with Crippen LogP contribution in [-0.4, -0.2) is 25.7 Å². The third kappa shape index (κ3) is 8.05. The molecule has 1 unspecified atom stereocenters. The number of hydrogen-bond acceptors (Lipinski definition) is 3. The largest absolute Gasteiger partial charge is 0.464 e. The number of alkyl halides is 6. The molecule has 222 valence electrons. The molecule has 0 bridgehead atoms. The lowest BCUT2D eigenvalue weighted by atomic mass is 10.0. The summed E-state index contributed by atoms with van der Waals surface area (Å²) in [6.07, 6.45) is -7.14. The molecule has 0 amide bonds. The minimum atomic E-state index is -4.44. The normalized spacial score (nSPS) is 12.7. The monoisotopic (exact) mass is 587 g/mol. The van der Waals surface area contributed by atoms with Gasteiger partial charge >= 0.3 is 18.3 Å². The van der Waals surface area contributed by atoms with Gasteiger partial charge in [0, 0.05) is 18.1 Å². The summed E-state index contributed by atoms with van der Waals surface area (Å²) in [5.74, 6) is -0.501. The lowest BCUT2D eigenvalue weighted by Crippen LogP contribution is -2.40. The summed E-state index contributed by atoms with van der Waals surface area (Å²) in [4.78, 5) is 15.2. The number of rotatable bonds is 11. The number of benzene rings is 4. The molecule has 0 aromatic heterocycles. The summed E-state index contributed by atoms with van der Waals surface area (Å²) in [5.41, 5.74) is 0.370. The highest BCUT2D eigenvalue weighted by Crippen LogP contribution is 2.32. The molecular formula is C33H31F6NO2. The van der Waals surface area contributed by atoms with Crippen LogP contribution in [-0.2, 0) is 34.7 Å². The van der Waals surface area contributed by atoms with Gasteiger partial charge in [0.2, 0.25) is 0 Å². The van der Waals surface area contributed by atoms with E-state index in [1.54, 1.807) is 19.2 Å². The van der Waals surface area contributed by atoms with Crippen LogP contribution < -0.4 is 4.90 Å². The summed E-state index contributed by atoms with van der Waals surface area (Å²) >= 11 is 0. The molecule has 0 radical (unpaired) electrons. The fourth-order valence-corrected chi connectivity index (χ4v) is 5.00. The number of aryl methyl sites for hydroxylation is 2. The van der Waals surface area contributed by atoms with Crippen LogP contribution in [0.4, 0.5) is 32.0 Å². The summed E-state index contributed by atoms with van der Waals surface area (Å²) in [6.45, 7) is 0.0165. The Bertz CT molecular complexity index is 1490. The van der Waals surface area contributed by atoms with Gasteiger partial charge in [0.25, 0.3) is 0 Å². The minimum Gasteiger partial charge on any atom is -0.464 e. The van der Waals surface area contributed by atoms with E-state index in [0.29, 0.717) is 43.2 Å². The molecule has 4 aromatic carbocycles. The van der Waals surface area contributed by atoms with E-state index in [-0.39, 0.29) is 6.61 Å². The summed E-state index contributed by atoms with van der Waals surface area (Å²) in [5, 5.41) is 1.92. The second kappa shape index (κ2) is 13.3. The Balaban J connectivity index is 1.45. The Hall–Kier alpha value is -4.01. The zero-order valence-electron chi connectivity index (χ0n) is 23.0. The predicted molar refractivity (Wildman–Crippen MR) is 151 cm³/mol. The molecule has 0 aliphatic carbocycles. The van der Waals surface area contributed by atoms with Crippen LogP contribution in [0.1, 0.15) is 41.5 Å². The molecule has 4 rings (SSSR count). The summed E-state index contributed by atoms with van der Waals surface area (Å²) in [6, 6.07) is 22.9. The summed E-state index contributed by atoms with van der Waals surface area (Å²) < 4.78 is 84.1. The number of anilines is 1. The van der Waals surface area contributed by atoms with Gasteiger partial charge < -0.3 is 9.64 Å². The van der Waals surface area contributed by atoms with Gasteiger partial charge in [0.05, 0.1) is 17.7 Å². The molecule has 0 N–H and O–H groups in total. The van der Waals surface area contributed by atoms with Crippen LogP contribution in [0, 0.1) is 0 Å². The molecule has 1 atom stereocenters. The van der Waals surface area contributed by atoms with Crippen molar-refractivity contribution in [2.45, 2.75) is 50.5 Å². The zero-order valence-corrected chi connectivity index (χ0v) is 23.0. The smallest absolute Gasteiger partial charge is 0.416 e. The number of esters is 1. The molecule has 4 aromatic rings. The Morgan fingerprint density at radius 1 is 0.738 bits per heavy atom. The van der Waals surface area contributed by atoms with E-state index in [1.807, 2.05) is 47.4 Å². The third-order valence-electron chi connectivity index (χ3n) is 7.19. The zero-order chi connectivity index (χ0) is 30.3. The van der Waals surface area contributed by atoms with E-state index in [9.17, 15) is 31.1 Å². The molecule has 0 fully saturated rings. The standard InChI is InChI=1S/C33H31F6NO2/c1-40(29-18-7-14-25-13-2-3-17-28(25)29)30(19-6-11-23-9-4-15-26(21-23)32(34,35)36)31(41)42-20-8-12-24-10-5-16-27(22-24)33(37,38)39/h2-5,7,9-10,13-18,21-22,30H,6,8,11-12,19-20H2,1H3. The molecule has 9 heteroatoms. The van der Waals surface area contributed by atoms with Gasteiger partial charge in [-0.05, 0) is 66.8 Å². The fourth-order valence-electron chi connectivity index (χ4n) is 5.00. The average molecular weight is 588 g/mol. The van der Waals surface area contributed by atoms with Gasteiger partial charge in [-0.25, -0.2) is 4.79 Å². The quantitative estimate of drug-likeness (QED) is 0.0997. The topological polar surface area (TPSA) is 29.5 Å². The van der Waals surface area contributed by atoms with E-state index in [0.717, 1.165) is 40.7 Å². The van der Waals surface area contributed by atoms with Crippen LogP contribution in [0.5, 0.6) is 0 Å². The third-order valence-corrected chi connectivity index (χ3v) is 7.19. The van der Waals surface area contributed by atoms with Crippen LogP contribution >= 0.6 is 0 Å². The number of likely N-dealkylation sites (N-methyl/N-ethyl adjacent to an activating group) is 1. The van der Waals surface area contributed by atoms with Crippen LogP contribution in [0.25, 0.3) is 10.8 Å². The van der Waals surface area contributed by atoms with Gasteiger partial charge in [-0.15, -0.1) is 0 Å². The minimum absolute atomic E-state index is 0.0165. The summed E-state index contributed by atoms with van der Waals surface area (Å²) in [7, 11) is 1.78. The highest BCUT2D eigenvalue weighted by atomic mass is 19.4. The lowest BCUT2D eigenvalue weighted by molar-refractivity contribution is -0.145. The van der Waals surface area contributed by atoms with Crippen molar-refractivity contribution in [3.05, 3.63) is 113 Å². The Morgan fingerprint density at radius 2 is 1.29 bits per heavy atom. The first-order valence-electron chi connectivity index (χ1n) is 13.6.